The Balaban J connectivity index is 2.33. The third kappa shape index (κ3) is 3.11. The first-order valence-electron chi connectivity index (χ1n) is 5.92. The van der Waals surface area contributed by atoms with Gasteiger partial charge in [-0.25, -0.2) is 4.98 Å². The number of nitrogens with zero attached hydrogens (tertiary/aromatic N) is 1. The lowest BCUT2D eigenvalue weighted by atomic mass is 10.2. The van der Waals surface area contributed by atoms with Gasteiger partial charge in [-0.2, -0.15) is 0 Å². The van der Waals surface area contributed by atoms with E-state index < -0.39 is 0 Å². The summed E-state index contributed by atoms with van der Waals surface area (Å²) in [6, 6.07) is 7.10. The maximum absolute atomic E-state index is 12.4. The minimum atomic E-state index is -0.242. The van der Waals surface area contributed by atoms with Crippen molar-refractivity contribution in [2.75, 3.05) is 17.7 Å². The van der Waals surface area contributed by atoms with Gasteiger partial charge < -0.3 is 10.6 Å². The van der Waals surface area contributed by atoms with Gasteiger partial charge in [0.15, 0.2) is 0 Å². The van der Waals surface area contributed by atoms with Crippen LogP contribution in [0.1, 0.15) is 15.9 Å². The molecule has 2 N–H and O–H groups in total. The Hall–Kier alpha value is -1.59. The maximum atomic E-state index is 12.4. The predicted molar refractivity (Wildman–Crippen MR) is 85.6 cm³/mol. The summed E-state index contributed by atoms with van der Waals surface area (Å²) < 4.78 is 0.740. The van der Waals surface area contributed by atoms with Crippen LogP contribution in [-0.4, -0.2) is 17.9 Å². The lowest BCUT2D eigenvalue weighted by molar-refractivity contribution is 0.102. The van der Waals surface area contributed by atoms with E-state index >= 15 is 0 Å². The molecule has 2 aromatic rings. The molecule has 0 radical (unpaired) electrons. The summed E-state index contributed by atoms with van der Waals surface area (Å²) in [6.45, 7) is 1.86. The van der Waals surface area contributed by atoms with Crippen molar-refractivity contribution in [2.24, 2.45) is 0 Å². The number of hydrogen-bond donors (Lipinski definition) is 2. The Morgan fingerprint density at radius 1 is 1.40 bits per heavy atom. The van der Waals surface area contributed by atoms with Gasteiger partial charge in [-0.05, 0) is 46.6 Å². The number of amides is 1. The highest BCUT2D eigenvalue weighted by Gasteiger charge is 2.14. The van der Waals surface area contributed by atoms with Crippen molar-refractivity contribution < 1.29 is 4.79 Å². The second-order valence-electron chi connectivity index (χ2n) is 4.17. The predicted octanol–water partition coefficient (Wildman–Crippen LogP) is 4.10. The molecule has 0 saturated carbocycles. The van der Waals surface area contributed by atoms with Gasteiger partial charge in [0.25, 0.3) is 5.91 Å². The topological polar surface area (TPSA) is 54.0 Å². The summed E-state index contributed by atoms with van der Waals surface area (Å²) in [5, 5.41) is 6.36. The van der Waals surface area contributed by atoms with Crippen molar-refractivity contribution in [1.82, 2.24) is 4.98 Å². The van der Waals surface area contributed by atoms with Crippen LogP contribution in [-0.2, 0) is 0 Å². The van der Waals surface area contributed by atoms with E-state index in [1.54, 1.807) is 31.4 Å². The van der Waals surface area contributed by atoms with Crippen molar-refractivity contribution >= 4 is 44.9 Å². The third-order valence-corrected chi connectivity index (χ3v) is 3.69. The summed E-state index contributed by atoms with van der Waals surface area (Å²) in [5.41, 5.74) is 1.97. The molecule has 0 bridgehead atoms. The molecule has 0 aliphatic carbocycles. The van der Waals surface area contributed by atoms with Gasteiger partial charge >= 0.3 is 0 Å². The van der Waals surface area contributed by atoms with E-state index in [0.29, 0.717) is 22.1 Å². The Morgan fingerprint density at radius 2 is 2.15 bits per heavy atom. The van der Waals surface area contributed by atoms with Crippen LogP contribution < -0.4 is 10.6 Å². The molecule has 104 valence electrons. The third-order valence-electron chi connectivity index (χ3n) is 2.85. The number of carbonyl (C=O) groups excluding carboxylic acids is 1. The van der Waals surface area contributed by atoms with Crippen LogP contribution in [0.4, 0.5) is 11.5 Å². The molecular formula is C14H13BrClN3O. The molecule has 0 aliphatic rings. The first kappa shape index (κ1) is 14.8. The number of aromatic nitrogens is 1. The van der Waals surface area contributed by atoms with Gasteiger partial charge in [0.2, 0.25) is 0 Å². The lowest BCUT2D eigenvalue weighted by Gasteiger charge is -2.12. The van der Waals surface area contributed by atoms with Gasteiger partial charge in [-0.15, -0.1) is 0 Å². The Labute approximate surface area is 130 Å². The maximum Gasteiger partial charge on any atom is 0.259 e. The fourth-order valence-electron chi connectivity index (χ4n) is 1.74. The zero-order chi connectivity index (χ0) is 14.7. The zero-order valence-electron chi connectivity index (χ0n) is 11.0. The summed E-state index contributed by atoms with van der Waals surface area (Å²) in [7, 11) is 1.72. The number of halogens is 2. The Kier molecular flexibility index (Phi) is 4.62. The highest BCUT2D eigenvalue weighted by Crippen LogP contribution is 2.25. The van der Waals surface area contributed by atoms with E-state index in [-0.39, 0.29) is 5.91 Å². The Morgan fingerprint density at radius 3 is 2.85 bits per heavy atom. The van der Waals surface area contributed by atoms with E-state index in [1.807, 2.05) is 13.0 Å². The second-order valence-corrected chi connectivity index (χ2v) is 5.49. The molecule has 0 saturated heterocycles. The van der Waals surface area contributed by atoms with Crippen LogP contribution in [0.5, 0.6) is 0 Å². The molecule has 1 amide bonds. The van der Waals surface area contributed by atoms with E-state index in [9.17, 15) is 4.79 Å². The molecule has 20 heavy (non-hydrogen) atoms. The summed E-state index contributed by atoms with van der Waals surface area (Å²) >= 11 is 9.36. The molecule has 0 unspecified atom stereocenters. The minimum absolute atomic E-state index is 0.242. The quantitative estimate of drug-likeness (QED) is 0.872. The van der Waals surface area contributed by atoms with Crippen LogP contribution in [0.3, 0.4) is 0 Å². The van der Waals surface area contributed by atoms with E-state index in [1.165, 1.54) is 0 Å². The summed E-state index contributed by atoms with van der Waals surface area (Å²) in [6.07, 6.45) is 1.63. The highest BCUT2D eigenvalue weighted by atomic mass is 79.9. The zero-order valence-corrected chi connectivity index (χ0v) is 13.3. The van der Waals surface area contributed by atoms with Gasteiger partial charge in [0, 0.05) is 28.4 Å². The standard InChI is InChI=1S/C14H13BrClN3O/c1-8-11(16)4-3-5-12(8)19-14(20)10-6-9(15)7-18-13(10)17-2/h3-7H,1-2H3,(H,17,18)(H,19,20). The molecule has 0 atom stereocenters. The number of pyridine rings is 1. The molecule has 0 spiro atoms. The van der Waals surface area contributed by atoms with Gasteiger partial charge in [0.1, 0.15) is 5.82 Å². The molecule has 6 heteroatoms. The van der Waals surface area contributed by atoms with Crippen molar-refractivity contribution in [1.29, 1.82) is 0 Å². The molecule has 1 aromatic heterocycles. The highest BCUT2D eigenvalue weighted by molar-refractivity contribution is 9.10. The molecule has 1 heterocycles. The van der Waals surface area contributed by atoms with Crippen molar-refractivity contribution in [3.63, 3.8) is 0 Å². The number of hydrogen-bond acceptors (Lipinski definition) is 3. The fourth-order valence-corrected chi connectivity index (χ4v) is 2.25. The number of rotatable bonds is 3. The van der Waals surface area contributed by atoms with Crippen molar-refractivity contribution in [3.8, 4) is 0 Å². The normalized spacial score (nSPS) is 10.2. The van der Waals surface area contributed by atoms with Crippen LogP contribution in [0, 0.1) is 6.92 Å². The lowest BCUT2D eigenvalue weighted by Crippen LogP contribution is -2.15. The first-order valence-corrected chi connectivity index (χ1v) is 7.09. The van der Waals surface area contributed by atoms with E-state index in [0.717, 1.165) is 10.0 Å². The summed E-state index contributed by atoms with van der Waals surface area (Å²) in [4.78, 5) is 16.5. The molecular weight excluding hydrogens is 342 g/mol. The van der Waals surface area contributed by atoms with Crippen LogP contribution in [0.25, 0.3) is 0 Å². The number of anilines is 2. The molecule has 0 aliphatic heterocycles. The average Bonchev–Trinajstić information content (AvgIpc) is 2.43. The van der Waals surface area contributed by atoms with Crippen LogP contribution in [0.2, 0.25) is 5.02 Å². The molecule has 1 aromatic carbocycles. The second kappa shape index (κ2) is 6.24. The minimum Gasteiger partial charge on any atom is -0.372 e. The van der Waals surface area contributed by atoms with Crippen LogP contribution >= 0.6 is 27.5 Å². The van der Waals surface area contributed by atoms with Gasteiger partial charge in [0.05, 0.1) is 5.56 Å². The SMILES string of the molecule is CNc1ncc(Br)cc1C(=O)Nc1cccc(Cl)c1C. The summed E-state index contributed by atoms with van der Waals surface area (Å²) in [5.74, 6) is 0.277. The fraction of sp³-hybridized carbons (Fsp3) is 0.143. The Bertz CT molecular complexity index is 661. The van der Waals surface area contributed by atoms with Gasteiger partial charge in [-0.1, -0.05) is 17.7 Å². The molecule has 4 nitrogen and oxygen atoms in total. The van der Waals surface area contributed by atoms with Crippen molar-refractivity contribution in [2.45, 2.75) is 6.92 Å². The largest absolute Gasteiger partial charge is 0.372 e. The van der Waals surface area contributed by atoms with Crippen LogP contribution in [0.15, 0.2) is 34.9 Å². The van der Waals surface area contributed by atoms with Gasteiger partial charge in [-0.3, -0.25) is 4.79 Å². The average molecular weight is 355 g/mol. The molecule has 2 rings (SSSR count). The molecule has 0 fully saturated rings. The number of carbonyl (C=O) groups is 1. The van der Waals surface area contributed by atoms with E-state index in [4.69, 9.17) is 11.6 Å². The van der Waals surface area contributed by atoms with E-state index in [2.05, 4.69) is 31.5 Å². The number of benzene rings is 1. The monoisotopic (exact) mass is 353 g/mol. The van der Waals surface area contributed by atoms with Crippen molar-refractivity contribution in [3.05, 3.63) is 51.1 Å². The first-order chi connectivity index (χ1) is 9.52. The smallest absolute Gasteiger partial charge is 0.259 e. The number of nitrogens with one attached hydrogen (secondary N) is 2.